The number of halogens is 3. The molecule has 0 saturated carbocycles. The molecule has 0 atom stereocenters. The van der Waals surface area contributed by atoms with Crippen LogP contribution in [0.1, 0.15) is 21.5 Å². The van der Waals surface area contributed by atoms with Gasteiger partial charge in [0.15, 0.2) is 10.3 Å². The molecule has 0 aliphatic rings. The predicted molar refractivity (Wildman–Crippen MR) is 69.2 cm³/mol. The van der Waals surface area contributed by atoms with Crippen LogP contribution in [0.15, 0.2) is 6.07 Å². The molecule has 0 saturated heterocycles. The highest BCUT2D eigenvalue weighted by atomic mass is 35.5. The zero-order valence-corrected chi connectivity index (χ0v) is 11.3. The minimum absolute atomic E-state index is 0.0570. The van der Waals surface area contributed by atoms with E-state index in [0.29, 0.717) is 16.6 Å². The fourth-order valence-electron chi connectivity index (χ4n) is 1.62. The van der Waals surface area contributed by atoms with Crippen LogP contribution < -0.4 is 0 Å². The Hall–Kier alpha value is -0.900. The Labute approximate surface area is 113 Å². The second-order valence-electron chi connectivity index (χ2n) is 3.64. The number of aryl methyl sites for hydroxylation is 1. The molecule has 88 valence electrons. The molecular weight excluding hydrogens is 282 g/mol. The van der Waals surface area contributed by atoms with Crippen LogP contribution in [-0.2, 0) is 0 Å². The molecule has 2 rings (SSSR count). The first kappa shape index (κ1) is 12.6. The third-order valence-corrected chi connectivity index (χ3v) is 3.41. The molecule has 0 radical (unpaired) electrons. The highest BCUT2D eigenvalue weighted by Crippen LogP contribution is 2.28. The summed E-state index contributed by atoms with van der Waals surface area (Å²) in [5.74, 6) is 0. The van der Waals surface area contributed by atoms with Gasteiger partial charge in [-0.25, -0.2) is 9.97 Å². The Morgan fingerprint density at radius 1 is 1.18 bits per heavy atom. The summed E-state index contributed by atoms with van der Waals surface area (Å²) in [7, 11) is 0. The first-order valence-electron chi connectivity index (χ1n) is 4.74. The predicted octanol–water partition coefficient (Wildman–Crippen LogP) is 3.93. The van der Waals surface area contributed by atoms with Crippen molar-refractivity contribution in [3.05, 3.63) is 33.1 Å². The lowest BCUT2D eigenvalue weighted by molar-refractivity contribution is 0.108. The summed E-state index contributed by atoms with van der Waals surface area (Å²) in [6, 6.07) is 1.79. The van der Waals surface area contributed by atoms with Crippen LogP contribution in [0.4, 0.5) is 0 Å². The fourth-order valence-corrected chi connectivity index (χ4v) is 2.11. The summed E-state index contributed by atoms with van der Waals surface area (Å²) < 4.78 is 0. The minimum Gasteiger partial charge on any atom is -0.276 e. The minimum atomic E-state index is -0.580. The van der Waals surface area contributed by atoms with Gasteiger partial charge in [0, 0.05) is 0 Å². The molecular formula is C11H7Cl3N2O. The molecule has 17 heavy (non-hydrogen) atoms. The molecule has 0 aliphatic heterocycles. The van der Waals surface area contributed by atoms with Gasteiger partial charge in [0.05, 0.1) is 11.1 Å². The molecule has 0 bridgehead atoms. The molecule has 1 aromatic heterocycles. The number of carbonyl (C=O) groups is 1. The van der Waals surface area contributed by atoms with Crippen molar-refractivity contribution in [1.29, 1.82) is 0 Å². The zero-order chi connectivity index (χ0) is 12.7. The first-order chi connectivity index (χ1) is 7.91. The zero-order valence-electron chi connectivity index (χ0n) is 9.01. The maximum Gasteiger partial charge on any atom is 0.254 e. The van der Waals surface area contributed by atoms with Crippen molar-refractivity contribution >= 4 is 51.1 Å². The second-order valence-corrected chi connectivity index (χ2v) is 4.70. The number of rotatable bonds is 1. The molecule has 2 aromatic rings. The van der Waals surface area contributed by atoms with Crippen molar-refractivity contribution in [1.82, 2.24) is 9.97 Å². The van der Waals surface area contributed by atoms with Gasteiger partial charge in [-0.2, -0.15) is 0 Å². The van der Waals surface area contributed by atoms with Crippen molar-refractivity contribution in [2.24, 2.45) is 0 Å². The van der Waals surface area contributed by atoms with Gasteiger partial charge in [-0.15, -0.1) is 0 Å². The molecule has 1 aromatic carbocycles. The molecule has 0 unspecified atom stereocenters. The maximum absolute atomic E-state index is 11.5. The number of aromatic nitrogens is 2. The Morgan fingerprint density at radius 3 is 2.35 bits per heavy atom. The number of benzene rings is 1. The van der Waals surface area contributed by atoms with Crippen molar-refractivity contribution in [3.63, 3.8) is 0 Å². The Morgan fingerprint density at radius 2 is 1.76 bits per heavy atom. The van der Waals surface area contributed by atoms with E-state index in [2.05, 4.69) is 9.97 Å². The van der Waals surface area contributed by atoms with Crippen molar-refractivity contribution < 1.29 is 4.79 Å². The largest absolute Gasteiger partial charge is 0.276 e. The monoisotopic (exact) mass is 288 g/mol. The number of nitrogens with zero attached hydrogens (tertiary/aromatic N) is 2. The normalized spacial score (nSPS) is 10.9. The third-order valence-electron chi connectivity index (χ3n) is 2.59. The number of hydrogen-bond donors (Lipinski definition) is 0. The van der Waals surface area contributed by atoms with Gasteiger partial charge in [0.2, 0.25) is 0 Å². The van der Waals surface area contributed by atoms with E-state index in [4.69, 9.17) is 34.8 Å². The lowest BCUT2D eigenvalue weighted by Gasteiger charge is -2.09. The summed E-state index contributed by atoms with van der Waals surface area (Å²) in [6.45, 7) is 3.66. The van der Waals surface area contributed by atoms with E-state index in [1.165, 1.54) is 0 Å². The second kappa shape index (κ2) is 4.41. The number of fused-ring (bicyclic) bond motifs is 1. The maximum atomic E-state index is 11.5. The average molecular weight is 290 g/mol. The fraction of sp³-hybridized carbons (Fsp3) is 0.182. The van der Waals surface area contributed by atoms with Gasteiger partial charge in [0.25, 0.3) is 5.24 Å². The van der Waals surface area contributed by atoms with Crippen LogP contribution in [0.5, 0.6) is 0 Å². The van der Waals surface area contributed by atoms with Crippen LogP contribution >= 0.6 is 34.8 Å². The Balaban J connectivity index is 2.98. The van der Waals surface area contributed by atoms with Gasteiger partial charge >= 0.3 is 0 Å². The van der Waals surface area contributed by atoms with E-state index in [1.807, 2.05) is 6.92 Å². The summed E-state index contributed by atoms with van der Waals surface area (Å²) in [6.07, 6.45) is 0. The van der Waals surface area contributed by atoms with Gasteiger partial charge in [-0.05, 0) is 42.6 Å². The molecule has 6 heteroatoms. The van der Waals surface area contributed by atoms with Crippen LogP contribution in [0, 0.1) is 13.8 Å². The van der Waals surface area contributed by atoms with Crippen LogP contribution in [0.3, 0.4) is 0 Å². The van der Waals surface area contributed by atoms with E-state index >= 15 is 0 Å². The highest BCUT2D eigenvalue weighted by molar-refractivity contribution is 6.68. The van der Waals surface area contributed by atoms with E-state index in [0.717, 1.165) is 11.1 Å². The van der Waals surface area contributed by atoms with Crippen molar-refractivity contribution in [2.75, 3.05) is 0 Å². The number of hydrogen-bond acceptors (Lipinski definition) is 3. The lowest BCUT2D eigenvalue weighted by atomic mass is 10.0. The van der Waals surface area contributed by atoms with Crippen LogP contribution in [0.2, 0.25) is 10.3 Å². The summed E-state index contributed by atoms with van der Waals surface area (Å²) in [4.78, 5) is 19.6. The van der Waals surface area contributed by atoms with E-state index in [1.54, 1.807) is 13.0 Å². The average Bonchev–Trinajstić information content (AvgIpc) is 2.23. The SMILES string of the molecule is Cc1cc2nc(Cl)c(Cl)nc2c(C(=O)Cl)c1C. The molecule has 3 nitrogen and oxygen atoms in total. The van der Waals surface area contributed by atoms with E-state index < -0.39 is 5.24 Å². The van der Waals surface area contributed by atoms with Gasteiger partial charge in [0.1, 0.15) is 5.52 Å². The van der Waals surface area contributed by atoms with Crippen LogP contribution in [-0.4, -0.2) is 15.2 Å². The quantitative estimate of drug-likeness (QED) is 0.747. The first-order valence-corrected chi connectivity index (χ1v) is 5.88. The summed E-state index contributed by atoms with van der Waals surface area (Å²) in [5.41, 5.74) is 2.88. The highest BCUT2D eigenvalue weighted by Gasteiger charge is 2.17. The van der Waals surface area contributed by atoms with Crippen molar-refractivity contribution in [2.45, 2.75) is 13.8 Å². The van der Waals surface area contributed by atoms with Crippen molar-refractivity contribution in [3.8, 4) is 0 Å². The van der Waals surface area contributed by atoms with E-state index in [-0.39, 0.29) is 10.3 Å². The molecule has 0 aliphatic carbocycles. The molecule has 0 amide bonds. The topological polar surface area (TPSA) is 42.9 Å². The van der Waals surface area contributed by atoms with Crippen LogP contribution in [0.25, 0.3) is 11.0 Å². The van der Waals surface area contributed by atoms with E-state index in [9.17, 15) is 4.79 Å². The van der Waals surface area contributed by atoms with Gasteiger partial charge in [-0.3, -0.25) is 4.79 Å². The summed E-state index contributed by atoms with van der Waals surface area (Å²) in [5, 5.41) is -0.416. The molecule has 0 spiro atoms. The molecule has 1 heterocycles. The van der Waals surface area contributed by atoms with Gasteiger partial charge in [-0.1, -0.05) is 23.2 Å². The Bertz CT molecular complexity index is 635. The standard InChI is InChI=1S/C11H7Cl3N2O/c1-4-3-6-8(7(5(4)2)11(14)17)16-10(13)9(12)15-6/h3H,1-2H3. The molecule has 0 fully saturated rings. The number of carbonyl (C=O) groups excluding carboxylic acids is 1. The molecule has 0 N–H and O–H groups in total. The smallest absolute Gasteiger partial charge is 0.254 e. The van der Waals surface area contributed by atoms with Gasteiger partial charge < -0.3 is 0 Å². The summed E-state index contributed by atoms with van der Waals surface area (Å²) >= 11 is 17.2. The Kier molecular flexibility index (Phi) is 3.25. The lowest BCUT2D eigenvalue weighted by Crippen LogP contribution is -2.01. The third kappa shape index (κ3) is 2.10.